The second-order valence-corrected chi connectivity index (χ2v) is 4.52. The van der Waals surface area contributed by atoms with Gasteiger partial charge in [-0.1, -0.05) is 13.8 Å². The van der Waals surface area contributed by atoms with Gasteiger partial charge in [-0.15, -0.1) is 0 Å². The summed E-state index contributed by atoms with van der Waals surface area (Å²) in [6.45, 7) is 10.3. The monoisotopic (exact) mass is 196 g/mol. The van der Waals surface area contributed by atoms with Gasteiger partial charge in [0.05, 0.1) is 5.69 Å². The number of hydrogen-bond donors (Lipinski definition) is 1. The molecule has 0 saturated carbocycles. The minimum absolute atomic E-state index is 0.307. The molecule has 1 N–H and O–H groups in total. The molecule has 1 aromatic rings. The van der Waals surface area contributed by atoms with Gasteiger partial charge in [0.15, 0.2) is 5.75 Å². The van der Waals surface area contributed by atoms with E-state index < -0.39 is 0 Å². The summed E-state index contributed by atoms with van der Waals surface area (Å²) in [5.41, 5.74) is 1.70. The van der Waals surface area contributed by atoms with Gasteiger partial charge >= 0.3 is 0 Å². The summed E-state index contributed by atoms with van der Waals surface area (Å²) in [4.78, 5) is 0. The second kappa shape index (κ2) is 4.03. The summed E-state index contributed by atoms with van der Waals surface area (Å²) in [7, 11) is 0. The quantitative estimate of drug-likeness (QED) is 0.807. The van der Waals surface area contributed by atoms with Crippen LogP contribution in [0.2, 0.25) is 0 Å². The Hall–Kier alpha value is -0.990. The largest absolute Gasteiger partial charge is 0.504 e. The van der Waals surface area contributed by atoms with Gasteiger partial charge in [0, 0.05) is 6.04 Å². The van der Waals surface area contributed by atoms with Crippen LogP contribution in [0, 0.1) is 12.8 Å². The molecule has 0 saturated heterocycles. The average Bonchev–Trinajstić information content (AvgIpc) is 2.32. The van der Waals surface area contributed by atoms with Crippen molar-refractivity contribution in [2.75, 3.05) is 0 Å². The Bertz CT molecular complexity index is 313. The van der Waals surface area contributed by atoms with Crippen LogP contribution in [0.1, 0.15) is 45.1 Å². The molecule has 1 aromatic heterocycles. The van der Waals surface area contributed by atoms with Gasteiger partial charge in [-0.25, -0.2) is 0 Å². The molecule has 3 heteroatoms. The first-order valence-electron chi connectivity index (χ1n) is 5.20. The van der Waals surface area contributed by atoms with E-state index in [1.807, 2.05) is 11.6 Å². The van der Waals surface area contributed by atoms with E-state index in [-0.39, 0.29) is 0 Å². The van der Waals surface area contributed by atoms with E-state index >= 15 is 0 Å². The highest BCUT2D eigenvalue weighted by atomic mass is 16.3. The summed E-state index contributed by atoms with van der Waals surface area (Å²) in [5.74, 6) is 0.892. The van der Waals surface area contributed by atoms with Crippen molar-refractivity contribution in [1.82, 2.24) is 9.78 Å². The number of aromatic hydroxyl groups is 1. The highest BCUT2D eigenvalue weighted by Gasteiger charge is 2.15. The average molecular weight is 196 g/mol. The fourth-order valence-electron chi connectivity index (χ4n) is 1.60. The molecule has 0 radical (unpaired) electrons. The fourth-order valence-corrected chi connectivity index (χ4v) is 1.60. The molecule has 1 heterocycles. The molecule has 0 spiro atoms. The van der Waals surface area contributed by atoms with Gasteiger partial charge in [-0.3, -0.25) is 4.68 Å². The molecule has 80 valence electrons. The Balaban J connectivity index is 3.02. The Morgan fingerprint density at radius 2 is 1.86 bits per heavy atom. The maximum absolute atomic E-state index is 9.83. The zero-order valence-corrected chi connectivity index (χ0v) is 9.70. The van der Waals surface area contributed by atoms with Crippen molar-refractivity contribution in [2.45, 2.75) is 47.1 Å². The fraction of sp³-hybridized carbons (Fsp3) is 0.727. The molecule has 0 aliphatic heterocycles. The summed E-state index contributed by atoms with van der Waals surface area (Å²) < 4.78 is 1.88. The predicted octanol–water partition coefficient (Wildman–Crippen LogP) is 2.68. The third kappa shape index (κ3) is 2.08. The van der Waals surface area contributed by atoms with Gasteiger partial charge in [0.2, 0.25) is 0 Å². The number of nitrogens with zero attached hydrogens (tertiary/aromatic N) is 2. The van der Waals surface area contributed by atoms with Gasteiger partial charge in [-0.05, 0) is 33.1 Å². The molecule has 0 amide bonds. The lowest BCUT2D eigenvalue weighted by atomic mass is 10.1. The van der Waals surface area contributed by atoms with Crippen LogP contribution in [0.4, 0.5) is 0 Å². The molecule has 14 heavy (non-hydrogen) atoms. The lowest BCUT2D eigenvalue weighted by Crippen LogP contribution is -2.05. The number of hydrogen-bond acceptors (Lipinski definition) is 2. The van der Waals surface area contributed by atoms with E-state index in [0.29, 0.717) is 17.7 Å². The zero-order chi connectivity index (χ0) is 10.9. The Morgan fingerprint density at radius 1 is 1.29 bits per heavy atom. The number of aromatic nitrogens is 2. The van der Waals surface area contributed by atoms with E-state index in [4.69, 9.17) is 0 Å². The van der Waals surface area contributed by atoms with Gasteiger partial charge in [0.25, 0.3) is 0 Å². The van der Waals surface area contributed by atoms with E-state index in [9.17, 15) is 5.11 Å². The van der Waals surface area contributed by atoms with Crippen LogP contribution in [0.15, 0.2) is 0 Å². The summed E-state index contributed by atoms with van der Waals surface area (Å²) >= 11 is 0. The zero-order valence-electron chi connectivity index (χ0n) is 9.70. The van der Waals surface area contributed by atoms with Crippen molar-refractivity contribution in [3.63, 3.8) is 0 Å². The van der Waals surface area contributed by atoms with E-state index in [1.54, 1.807) is 0 Å². The molecule has 0 aliphatic carbocycles. The Labute approximate surface area is 85.8 Å². The molecule has 3 nitrogen and oxygen atoms in total. The molecule has 1 rings (SSSR count). The minimum Gasteiger partial charge on any atom is -0.504 e. The van der Waals surface area contributed by atoms with E-state index in [1.165, 1.54) is 0 Å². The van der Waals surface area contributed by atoms with Crippen LogP contribution in [0.25, 0.3) is 0 Å². The first kappa shape index (κ1) is 11.1. The van der Waals surface area contributed by atoms with Crippen molar-refractivity contribution in [3.05, 3.63) is 11.4 Å². The summed E-state index contributed by atoms with van der Waals surface area (Å²) in [5, 5.41) is 14.2. The van der Waals surface area contributed by atoms with Gasteiger partial charge in [0.1, 0.15) is 5.69 Å². The van der Waals surface area contributed by atoms with Crippen LogP contribution in [0.3, 0.4) is 0 Å². The third-order valence-corrected chi connectivity index (χ3v) is 2.28. The molecule has 0 fully saturated rings. The molecule has 0 aromatic carbocycles. The van der Waals surface area contributed by atoms with Crippen LogP contribution >= 0.6 is 0 Å². The standard InChI is InChI=1S/C11H20N2O/c1-7(2)6-10-11(14)9(5)13(12-10)8(3)4/h7-8,14H,6H2,1-5H3. The SMILES string of the molecule is Cc1c(O)c(CC(C)C)nn1C(C)C. The topological polar surface area (TPSA) is 38.1 Å². The first-order valence-corrected chi connectivity index (χ1v) is 5.20. The highest BCUT2D eigenvalue weighted by molar-refractivity contribution is 5.31. The molecular weight excluding hydrogens is 176 g/mol. The van der Waals surface area contributed by atoms with E-state index in [0.717, 1.165) is 17.8 Å². The summed E-state index contributed by atoms with van der Waals surface area (Å²) in [6, 6.07) is 0.307. The lowest BCUT2D eigenvalue weighted by Gasteiger charge is -2.06. The maximum atomic E-state index is 9.83. The Kier molecular flexibility index (Phi) is 3.19. The maximum Gasteiger partial charge on any atom is 0.159 e. The van der Waals surface area contributed by atoms with Crippen molar-refractivity contribution in [3.8, 4) is 5.75 Å². The van der Waals surface area contributed by atoms with Crippen LogP contribution in [-0.4, -0.2) is 14.9 Å². The number of rotatable bonds is 3. The lowest BCUT2D eigenvalue weighted by molar-refractivity contribution is 0.455. The van der Waals surface area contributed by atoms with E-state index in [2.05, 4.69) is 32.8 Å². The molecule has 0 atom stereocenters. The molecular formula is C11H20N2O. The normalized spacial score (nSPS) is 11.6. The molecule has 0 bridgehead atoms. The van der Waals surface area contributed by atoms with Crippen LogP contribution in [0.5, 0.6) is 5.75 Å². The van der Waals surface area contributed by atoms with Crippen LogP contribution < -0.4 is 0 Å². The molecule has 0 unspecified atom stereocenters. The van der Waals surface area contributed by atoms with Crippen LogP contribution in [-0.2, 0) is 6.42 Å². The minimum atomic E-state index is 0.307. The van der Waals surface area contributed by atoms with Crippen molar-refractivity contribution < 1.29 is 5.11 Å². The second-order valence-electron chi connectivity index (χ2n) is 4.52. The van der Waals surface area contributed by atoms with Crippen molar-refractivity contribution >= 4 is 0 Å². The van der Waals surface area contributed by atoms with Crippen molar-refractivity contribution in [1.29, 1.82) is 0 Å². The van der Waals surface area contributed by atoms with Gasteiger partial charge in [-0.2, -0.15) is 5.10 Å². The molecule has 0 aliphatic rings. The first-order chi connectivity index (χ1) is 6.43. The predicted molar refractivity (Wildman–Crippen MR) is 57.6 cm³/mol. The summed E-state index contributed by atoms with van der Waals surface area (Å²) in [6.07, 6.45) is 0.840. The third-order valence-electron chi connectivity index (χ3n) is 2.28. The van der Waals surface area contributed by atoms with Crippen molar-refractivity contribution in [2.24, 2.45) is 5.92 Å². The highest BCUT2D eigenvalue weighted by Crippen LogP contribution is 2.25. The smallest absolute Gasteiger partial charge is 0.159 e. The van der Waals surface area contributed by atoms with Gasteiger partial charge < -0.3 is 5.11 Å². The Morgan fingerprint density at radius 3 is 2.21 bits per heavy atom.